The summed E-state index contributed by atoms with van der Waals surface area (Å²) < 4.78 is 18.8. The van der Waals surface area contributed by atoms with Crippen molar-refractivity contribution >= 4 is 6.29 Å². The Morgan fingerprint density at radius 3 is 0.729 bits per heavy atom. The van der Waals surface area contributed by atoms with Gasteiger partial charge < -0.3 is 14.2 Å². The summed E-state index contributed by atoms with van der Waals surface area (Å²) in [4.78, 5) is 12.4. The Morgan fingerprint density at radius 1 is 0.305 bits per heavy atom. The Labute approximate surface area is 369 Å². The lowest BCUT2D eigenvalue weighted by Gasteiger charge is -2.16. The number of rotatable bonds is 49. The second kappa shape index (κ2) is 45.8. The first-order valence-electron chi connectivity index (χ1n) is 26.8. The SMILES string of the molecule is CCCCCCCCCCCCCCCCOc1cc(OCCCCCCCCCCCCCCCC)c(C=O)c(OCCCCCCCCCCCCCCCC)c1. The molecule has 59 heavy (non-hydrogen) atoms. The Hall–Kier alpha value is -1.71. The maximum atomic E-state index is 12.4. The van der Waals surface area contributed by atoms with Crippen LogP contribution in [0.5, 0.6) is 17.2 Å². The highest BCUT2D eigenvalue weighted by Crippen LogP contribution is 2.34. The first-order chi connectivity index (χ1) is 29.3. The van der Waals surface area contributed by atoms with Crippen molar-refractivity contribution in [2.24, 2.45) is 0 Å². The molecule has 0 aliphatic heterocycles. The average Bonchev–Trinajstić information content (AvgIpc) is 3.25. The monoisotopic (exact) mass is 827 g/mol. The molecule has 0 aliphatic rings. The van der Waals surface area contributed by atoms with Gasteiger partial charge in [-0.3, -0.25) is 4.79 Å². The van der Waals surface area contributed by atoms with Crippen molar-refractivity contribution in [1.82, 2.24) is 0 Å². The van der Waals surface area contributed by atoms with Crippen LogP contribution in [0.2, 0.25) is 0 Å². The molecular weight excluding hydrogens is 725 g/mol. The predicted octanol–water partition coefficient (Wildman–Crippen LogP) is 19.1. The van der Waals surface area contributed by atoms with Crippen molar-refractivity contribution in [2.45, 2.75) is 290 Å². The van der Waals surface area contributed by atoms with Gasteiger partial charge in [-0.2, -0.15) is 0 Å². The van der Waals surface area contributed by atoms with E-state index in [1.165, 1.54) is 250 Å². The lowest BCUT2D eigenvalue weighted by Crippen LogP contribution is -2.06. The molecule has 0 saturated carbocycles. The van der Waals surface area contributed by atoms with E-state index >= 15 is 0 Å². The molecule has 1 aromatic carbocycles. The second-order valence-electron chi connectivity index (χ2n) is 18.3. The maximum absolute atomic E-state index is 12.4. The van der Waals surface area contributed by atoms with Crippen LogP contribution in [0.15, 0.2) is 12.1 Å². The number of ether oxygens (including phenoxy) is 3. The predicted molar refractivity (Wildman–Crippen MR) is 259 cm³/mol. The number of hydrogen-bond acceptors (Lipinski definition) is 4. The van der Waals surface area contributed by atoms with E-state index in [9.17, 15) is 4.79 Å². The lowest BCUT2D eigenvalue weighted by molar-refractivity contribution is 0.111. The molecule has 0 saturated heterocycles. The van der Waals surface area contributed by atoms with E-state index in [1.807, 2.05) is 12.1 Å². The molecule has 0 bridgehead atoms. The third-order valence-corrected chi connectivity index (χ3v) is 12.5. The molecule has 346 valence electrons. The molecule has 0 aliphatic carbocycles. The molecule has 0 radical (unpaired) electrons. The summed E-state index contributed by atoms with van der Waals surface area (Å²) in [6.07, 6.45) is 57.2. The molecule has 1 rings (SSSR count). The van der Waals surface area contributed by atoms with Crippen LogP contribution in [0.3, 0.4) is 0 Å². The van der Waals surface area contributed by atoms with Crippen LogP contribution in [0, 0.1) is 0 Å². The van der Waals surface area contributed by atoms with Gasteiger partial charge >= 0.3 is 0 Å². The van der Waals surface area contributed by atoms with Gasteiger partial charge in [0.25, 0.3) is 0 Å². The molecular formula is C55H102O4. The standard InChI is InChI=1S/C55H102O4/c1-4-7-10-13-16-19-22-25-28-31-34-37-40-43-46-57-52-49-54(58-47-44-41-38-35-32-29-26-23-20-17-14-11-8-5-2)53(51-56)55(50-52)59-48-45-42-39-36-33-30-27-24-21-18-15-12-9-6-3/h49-51H,4-48H2,1-3H3. The van der Waals surface area contributed by atoms with E-state index in [0.29, 0.717) is 36.9 Å². The van der Waals surface area contributed by atoms with Gasteiger partial charge in [0.2, 0.25) is 0 Å². The molecule has 0 amide bonds. The van der Waals surface area contributed by atoms with E-state index < -0.39 is 0 Å². The van der Waals surface area contributed by atoms with Crippen LogP contribution >= 0.6 is 0 Å². The zero-order valence-corrected chi connectivity index (χ0v) is 40.2. The summed E-state index contributed by atoms with van der Waals surface area (Å²) in [6.45, 7) is 8.82. The minimum Gasteiger partial charge on any atom is -0.493 e. The van der Waals surface area contributed by atoms with Crippen LogP contribution in [-0.2, 0) is 0 Å². The highest BCUT2D eigenvalue weighted by Gasteiger charge is 2.15. The summed E-state index contributed by atoms with van der Waals surface area (Å²) >= 11 is 0. The van der Waals surface area contributed by atoms with E-state index in [2.05, 4.69) is 20.8 Å². The molecule has 0 atom stereocenters. The van der Waals surface area contributed by atoms with Gasteiger partial charge in [-0.25, -0.2) is 0 Å². The highest BCUT2D eigenvalue weighted by molar-refractivity contribution is 5.84. The number of unbranched alkanes of at least 4 members (excludes halogenated alkanes) is 39. The highest BCUT2D eigenvalue weighted by atomic mass is 16.5. The summed E-state index contributed by atoms with van der Waals surface area (Å²) in [5.41, 5.74) is 0.532. The van der Waals surface area contributed by atoms with Gasteiger partial charge in [-0.15, -0.1) is 0 Å². The van der Waals surface area contributed by atoms with E-state index in [0.717, 1.165) is 31.3 Å². The average molecular weight is 827 g/mol. The third-order valence-electron chi connectivity index (χ3n) is 12.5. The lowest BCUT2D eigenvalue weighted by atomic mass is 10.0. The first kappa shape index (κ1) is 55.3. The third kappa shape index (κ3) is 36.6. The molecule has 0 unspecified atom stereocenters. The van der Waals surface area contributed by atoms with Crippen molar-refractivity contribution in [3.05, 3.63) is 17.7 Å². The fourth-order valence-electron chi connectivity index (χ4n) is 8.46. The maximum Gasteiger partial charge on any atom is 0.157 e. The van der Waals surface area contributed by atoms with Gasteiger partial charge in [0.1, 0.15) is 17.2 Å². The topological polar surface area (TPSA) is 44.8 Å². The number of carbonyl (C=O) groups is 1. The van der Waals surface area contributed by atoms with Crippen molar-refractivity contribution in [1.29, 1.82) is 0 Å². The van der Waals surface area contributed by atoms with Crippen LogP contribution in [0.4, 0.5) is 0 Å². The zero-order chi connectivity index (χ0) is 42.4. The smallest absolute Gasteiger partial charge is 0.157 e. The van der Waals surface area contributed by atoms with Gasteiger partial charge in [0, 0.05) is 12.1 Å². The molecule has 0 fully saturated rings. The minimum absolute atomic E-state index is 0.532. The number of aldehydes is 1. The van der Waals surface area contributed by atoms with Crippen LogP contribution in [-0.4, -0.2) is 26.1 Å². The molecule has 0 heterocycles. The van der Waals surface area contributed by atoms with Crippen LogP contribution in [0.1, 0.15) is 301 Å². The quantitative estimate of drug-likeness (QED) is 0.0485. The fraction of sp³-hybridized carbons (Fsp3) is 0.873. The second-order valence-corrected chi connectivity index (χ2v) is 18.3. The van der Waals surface area contributed by atoms with Gasteiger partial charge in [-0.05, 0) is 19.3 Å². The summed E-state index contributed by atoms with van der Waals surface area (Å²) in [5.74, 6) is 1.99. The van der Waals surface area contributed by atoms with Crippen molar-refractivity contribution < 1.29 is 19.0 Å². The number of hydrogen-bond donors (Lipinski definition) is 0. The summed E-state index contributed by atoms with van der Waals surface area (Å²) in [5, 5.41) is 0. The van der Waals surface area contributed by atoms with Gasteiger partial charge in [0.05, 0.1) is 25.4 Å². The molecule has 0 spiro atoms. The molecule has 1 aromatic rings. The Kier molecular flexibility index (Phi) is 42.9. The molecule has 0 N–H and O–H groups in total. The number of benzene rings is 1. The normalized spacial score (nSPS) is 11.4. The van der Waals surface area contributed by atoms with Crippen molar-refractivity contribution in [3.8, 4) is 17.2 Å². The zero-order valence-electron chi connectivity index (χ0n) is 40.2. The molecule has 0 aromatic heterocycles. The molecule has 4 heteroatoms. The van der Waals surface area contributed by atoms with E-state index in [1.54, 1.807) is 0 Å². The van der Waals surface area contributed by atoms with Crippen LogP contribution in [0.25, 0.3) is 0 Å². The van der Waals surface area contributed by atoms with Crippen molar-refractivity contribution in [3.63, 3.8) is 0 Å². The largest absolute Gasteiger partial charge is 0.493 e. The van der Waals surface area contributed by atoms with E-state index in [4.69, 9.17) is 14.2 Å². The summed E-state index contributed by atoms with van der Waals surface area (Å²) in [6, 6.07) is 3.85. The summed E-state index contributed by atoms with van der Waals surface area (Å²) in [7, 11) is 0. The van der Waals surface area contributed by atoms with Gasteiger partial charge in [0.15, 0.2) is 6.29 Å². The Morgan fingerprint density at radius 2 is 0.508 bits per heavy atom. The first-order valence-corrected chi connectivity index (χ1v) is 26.8. The van der Waals surface area contributed by atoms with E-state index in [-0.39, 0.29) is 0 Å². The Bertz CT molecular complexity index is 936. The fourth-order valence-corrected chi connectivity index (χ4v) is 8.46. The Balaban J connectivity index is 2.41. The molecule has 4 nitrogen and oxygen atoms in total. The van der Waals surface area contributed by atoms with Crippen LogP contribution < -0.4 is 14.2 Å². The minimum atomic E-state index is 0.532. The number of carbonyl (C=O) groups excluding carboxylic acids is 1. The van der Waals surface area contributed by atoms with Gasteiger partial charge in [-0.1, -0.05) is 271 Å². The van der Waals surface area contributed by atoms with Crippen molar-refractivity contribution in [2.75, 3.05) is 19.8 Å².